The van der Waals surface area contributed by atoms with Gasteiger partial charge < -0.3 is 5.11 Å². The van der Waals surface area contributed by atoms with Crippen LogP contribution >= 0.6 is 11.3 Å². The maximum atomic E-state index is 13.0. The van der Waals surface area contributed by atoms with Crippen molar-refractivity contribution in [2.75, 3.05) is 0 Å². The van der Waals surface area contributed by atoms with E-state index < -0.39 is 6.10 Å². The van der Waals surface area contributed by atoms with E-state index >= 15 is 0 Å². The molecule has 0 amide bonds. The Morgan fingerprint density at radius 2 is 2.24 bits per heavy atom. The van der Waals surface area contributed by atoms with E-state index in [2.05, 4.69) is 11.8 Å². The first-order valence-electron chi connectivity index (χ1n) is 5.47. The van der Waals surface area contributed by atoms with Crippen LogP contribution in [-0.2, 0) is 0 Å². The summed E-state index contributed by atoms with van der Waals surface area (Å²) in [5, 5.41) is 10.8. The highest BCUT2D eigenvalue weighted by Gasteiger charge is 2.11. The second kappa shape index (κ2) is 5.31. The van der Waals surface area contributed by atoms with Gasteiger partial charge in [0.25, 0.3) is 0 Å². The Kier molecular flexibility index (Phi) is 3.78. The smallest absolute Gasteiger partial charge is 0.123 e. The van der Waals surface area contributed by atoms with Gasteiger partial charge in [-0.05, 0) is 43.0 Å². The molecule has 2 aromatic rings. The molecule has 2 rings (SSSR count). The standard InChI is InChI=1S/C14H13FOS/c1-2-3-4-5-12(16)14-9-10-8-11(15)6-7-13(10)17-14/h6-9,12,16H,4-5H2,1H3. The Hall–Kier alpha value is -1.37. The van der Waals surface area contributed by atoms with Gasteiger partial charge in [-0.3, -0.25) is 0 Å². The number of hydrogen-bond donors (Lipinski definition) is 1. The number of aliphatic hydroxyl groups is 1. The first kappa shape index (κ1) is 12.1. The lowest BCUT2D eigenvalue weighted by atomic mass is 10.1. The lowest BCUT2D eigenvalue weighted by Gasteiger charge is -2.04. The molecule has 88 valence electrons. The summed E-state index contributed by atoms with van der Waals surface area (Å²) in [4.78, 5) is 0.878. The zero-order valence-corrected chi connectivity index (χ0v) is 10.4. The Bertz CT molecular complexity index is 577. The number of rotatable bonds is 3. The summed E-state index contributed by atoms with van der Waals surface area (Å²) < 4.78 is 14.0. The average Bonchev–Trinajstić information content (AvgIpc) is 2.72. The van der Waals surface area contributed by atoms with Gasteiger partial charge in [0.05, 0.1) is 6.10 Å². The minimum Gasteiger partial charge on any atom is -0.388 e. The van der Waals surface area contributed by atoms with E-state index in [0.29, 0.717) is 12.8 Å². The van der Waals surface area contributed by atoms with Crippen LogP contribution in [0.3, 0.4) is 0 Å². The van der Waals surface area contributed by atoms with Gasteiger partial charge in [-0.1, -0.05) is 0 Å². The van der Waals surface area contributed by atoms with E-state index in [4.69, 9.17) is 0 Å². The van der Waals surface area contributed by atoms with E-state index in [1.54, 1.807) is 13.0 Å². The molecule has 0 fully saturated rings. The molecule has 1 nitrogen and oxygen atoms in total. The lowest BCUT2D eigenvalue weighted by Crippen LogP contribution is -1.92. The van der Waals surface area contributed by atoms with Gasteiger partial charge in [-0.2, -0.15) is 0 Å². The molecule has 1 atom stereocenters. The third-order valence-corrected chi connectivity index (χ3v) is 3.76. The molecule has 0 spiro atoms. The first-order valence-corrected chi connectivity index (χ1v) is 6.29. The van der Waals surface area contributed by atoms with Gasteiger partial charge in [-0.25, -0.2) is 4.39 Å². The van der Waals surface area contributed by atoms with Crippen LogP contribution in [0.25, 0.3) is 10.1 Å². The largest absolute Gasteiger partial charge is 0.388 e. The number of benzene rings is 1. The predicted molar refractivity (Wildman–Crippen MR) is 69.4 cm³/mol. The van der Waals surface area contributed by atoms with Crippen molar-refractivity contribution in [1.82, 2.24) is 0 Å². The minimum absolute atomic E-state index is 0.242. The number of fused-ring (bicyclic) bond motifs is 1. The SMILES string of the molecule is CC#CCCC(O)c1cc2cc(F)ccc2s1. The zero-order chi connectivity index (χ0) is 12.3. The Balaban J connectivity index is 2.20. The molecule has 0 aliphatic heterocycles. The number of aliphatic hydroxyl groups excluding tert-OH is 1. The van der Waals surface area contributed by atoms with Gasteiger partial charge in [0, 0.05) is 16.0 Å². The Labute approximate surface area is 104 Å². The van der Waals surface area contributed by atoms with E-state index in [-0.39, 0.29) is 5.82 Å². The lowest BCUT2D eigenvalue weighted by molar-refractivity contribution is 0.173. The molecule has 0 bridgehead atoms. The van der Waals surface area contributed by atoms with Crippen LogP contribution in [0.2, 0.25) is 0 Å². The van der Waals surface area contributed by atoms with Gasteiger partial charge in [0.2, 0.25) is 0 Å². The molecule has 1 aromatic heterocycles. The van der Waals surface area contributed by atoms with E-state index in [0.717, 1.165) is 15.0 Å². The highest BCUT2D eigenvalue weighted by Crippen LogP contribution is 2.32. The van der Waals surface area contributed by atoms with Crippen LogP contribution in [0.4, 0.5) is 4.39 Å². The summed E-state index contributed by atoms with van der Waals surface area (Å²) in [6.45, 7) is 1.79. The maximum absolute atomic E-state index is 13.0. The van der Waals surface area contributed by atoms with Crippen molar-refractivity contribution in [3.05, 3.63) is 35.0 Å². The highest BCUT2D eigenvalue weighted by molar-refractivity contribution is 7.19. The molecular weight excluding hydrogens is 235 g/mol. The molecule has 3 heteroatoms. The van der Waals surface area contributed by atoms with Crippen LogP contribution in [0.5, 0.6) is 0 Å². The summed E-state index contributed by atoms with van der Waals surface area (Å²) in [5.74, 6) is 5.49. The van der Waals surface area contributed by atoms with Crippen molar-refractivity contribution in [1.29, 1.82) is 0 Å². The summed E-state index contributed by atoms with van der Waals surface area (Å²) in [6.07, 6.45) is 0.799. The van der Waals surface area contributed by atoms with E-state index in [1.807, 2.05) is 6.07 Å². The topological polar surface area (TPSA) is 20.2 Å². The van der Waals surface area contributed by atoms with Crippen LogP contribution in [0, 0.1) is 17.7 Å². The second-order valence-corrected chi connectivity index (χ2v) is 4.93. The molecule has 1 aromatic carbocycles. The molecule has 0 aliphatic rings. The monoisotopic (exact) mass is 248 g/mol. The molecule has 17 heavy (non-hydrogen) atoms. The van der Waals surface area contributed by atoms with E-state index in [9.17, 15) is 9.50 Å². The molecule has 0 saturated carbocycles. The third-order valence-electron chi connectivity index (χ3n) is 2.55. The maximum Gasteiger partial charge on any atom is 0.123 e. The summed E-state index contributed by atoms with van der Waals surface area (Å²) >= 11 is 1.51. The molecular formula is C14H13FOS. The van der Waals surface area contributed by atoms with Crippen molar-refractivity contribution >= 4 is 21.4 Å². The molecule has 1 N–H and O–H groups in total. The second-order valence-electron chi connectivity index (χ2n) is 3.81. The van der Waals surface area contributed by atoms with E-state index in [1.165, 1.54) is 23.5 Å². The fourth-order valence-electron chi connectivity index (χ4n) is 1.68. The highest BCUT2D eigenvalue weighted by atomic mass is 32.1. The van der Waals surface area contributed by atoms with Gasteiger partial charge in [0.1, 0.15) is 5.82 Å². The summed E-state index contributed by atoms with van der Waals surface area (Å²) in [7, 11) is 0. The normalized spacial score (nSPS) is 12.2. The molecule has 1 heterocycles. The number of hydrogen-bond acceptors (Lipinski definition) is 2. The fourth-order valence-corrected chi connectivity index (χ4v) is 2.74. The van der Waals surface area contributed by atoms with Crippen molar-refractivity contribution in [3.63, 3.8) is 0 Å². The predicted octanol–water partition coefficient (Wildman–Crippen LogP) is 3.88. The Morgan fingerprint density at radius 1 is 1.41 bits per heavy atom. The quantitative estimate of drug-likeness (QED) is 0.817. The molecule has 0 aliphatic carbocycles. The minimum atomic E-state index is -0.503. The first-order chi connectivity index (χ1) is 8.20. The van der Waals surface area contributed by atoms with Crippen molar-refractivity contribution in [2.24, 2.45) is 0 Å². The van der Waals surface area contributed by atoms with Crippen molar-refractivity contribution in [2.45, 2.75) is 25.9 Å². The Morgan fingerprint density at radius 3 is 3.00 bits per heavy atom. The third kappa shape index (κ3) is 2.85. The van der Waals surface area contributed by atoms with Crippen LogP contribution in [-0.4, -0.2) is 5.11 Å². The molecule has 1 unspecified atom stereocenters. The van der Waals surface area contributed by atoms with Crippen LogP contribution in [0.1, 0.15) is 30.7 Å². The number of thiophene rings is 1. The van der Waals surface area contributed by atoms with Crippen molar-refractivity contribution in [3.8, 4) is 11.8 Å². The van der Waals surface area contributed by atoms with Crippen LogP contribution < -0.4 is 0 Å². The van der Waals surface area contributed by atoms with Crippen molar-refractivity contribution < 1.29 is 9.50 Å². The fraction of sp³-hybridized carbons (Fsp3) is 0.286. The summed E-state index contributed by atoms with van der Waals surface area (Å²) in [6, 6.07) is 6.54. The van der Waals surface area contributed by atoms with Gasteiger partial charge in [0.15, 0.2) is 0 Å². The molecule has 0 radical (unpaired) electrons. The average molecular weight is 248 g/mol. The summed E-state index contributed by atoms with van der Waals surface area (Å²) in [5.41, 5.74) is 0. The van der Waals surface area contributed by atoms with Crippen LogP contribution in [0.15, 0.2) is 24.3 Å². The van der Waals surface area contributed by atoms with Gasteiger partial charge in [-0.15, -0.1) is 23.2 Å². The zero-order valence-electron chi connectivity index (χ0n) is 9.53. The molecule has 0 saturated heterocycles. The van der Waals surface area contributed by atoms with Gasteiger partial charge >= 0.3 is 0 Å². The number of halogens is 1.